The monoisotopic (exact) mass is 541 g/mol. The minimum atomic E-state index is 0.565. The van der Waals surface area contributed by atoms with Crippen molar-refractivity contribution >= 4 is 50.8 Å². The third-order valence-electron chi connectivity index (χ3n) is 7.53. The lowest BCUT2D eigenvalue weighted by molar-refractivity contribution is 1.07. The molecular weight excluding hydrogens is 518 g/mol. The van der Waals surface area contributed by atoms with Crippen molar-refractivity contribution in [1.29, 1.82) is 0 Å². The molecule has 7 heteroatoms. The van der Waals surface area contributed by atoms with Gasteiger partial charge < -0.3 is 4.98 Å². The van der Waals surface area contributed by atoms with Gasteiger partial charge in [0, 0.05) is 27.5 Å². The van der Waals surface area contributed by atoms with Crippen LogP contribution in [0, 0.1) is 0 Å². The summed E-state index contributed by atoms with van der Waals surface area (Å²) in [5.41, 5.74) is 8.00. The molecule has 0 amide bonds. The molecule has 0 fully saturated rings. The van der Waals surface area contributed by atoms with Crippen molar-refractivity contribution in [1.82, 2.24) is 29.3 Å². The Balaban J connectivity index is 1.47. The van der Waals surface area contributed by atoms with Gasteiger partial charge in [0.25, 0.3) is 0 Å². The Labute approximate surface area is 240 Å². The van der Waals surface area contributed by atoms with E-state index in [1.807, 2.05) is 97.3 Å². The van der Waals surface area contributed by atoms with E-state index in [9.17, 15) is 0 Å². The second kappa shape index (κ2) is 9.60. The first-order valence-corrected chi connectivity index (χ1v) is 13.6. The number of H-pyrrole nitrogens is 1. The highest BCUT2D eigenvalue weighted by atomic mass is 15.0. The first kappa shape index (κ1) is 23.9. The van der Waals surface area contributed by atoms with Crippen LogP contribution in [0.5, 0.6) is 0 Å². The summed E-state index contributed by atoms with van der Waals surface area (Å²) in [6.07, 6.45) is 1.87. The van der Waals surface area contributed by atoms with Crippen LogP contribution in [0.4, 0.5) is 5.69 Å². The maximum absolute atomic E-state index is 4.95. The Hall–Kier alpha value is -5.95. The van der Waals surface area contributed by atoms with Crippen LogP contribution in [0.2, 0.25) is 0 Å². The summed E-state index contributed by atoms with van der Waals surface area (Å²) in [4.78, 5) is 27.6. The number of imidazole rings is 1. The average molecular weight is 542 g/mol. The Morgan fingerprint density at radius 1 is 0.619 bits per heavy atom. The Bertz CT molecular complexity index is 2260. The summed E-state index contributed by atoms with van der Waals surface area (Å²) in [7, 11) is 0. The number of benzene rings is 5. The number of hydrogen-bond acceptors (Lipinski definition) is 5. The maximum Gasteiger partial charge on any atom is 0.164 e. The molecule has 0 aliphatic carbocycles. The van der Waals surface area contributed by atoms with E-state index >= 15 is 0 Å². The first-order chi connectivity index (χ1) is 20.8. The first-order valence-electron chi connectivity index (χ1n) is 13.6. The normalized spacial score (nSPS) is 11.4. The molecule has 7 nitrogen and oxygen atoms in total. The van der Waals surface area contributed by atoms with Gasteiger partial charge >= 0.3 is 0 Å². The quantitative estimate of drug-likeness (QED) is 0.228. The molecule has 0 aliphatic heterocycles. The molecule has 1 N–H and O–H groups in total. The van der Waals surface area contributed by atoms with Gasteiger partial charge in [-0.05, 0) is 31.0 Å². The van der Waals surface area contributed by atoms with E-state index in [-0.39, 0.29) is 0 Å². The predicted octanol–water partition coefficient (Wildman–Crippen LogP) is 8.20. The second-order valence-electron chi connectivity index (χ2n) is 10.0. The number of aromatic amines is 1. The molecule has 0 saturated heterocycles. The van der Waals surface area contributed by atoms with E-state index in [0.717, 1.165) is 60.7 Å². The smallest absolute Gasteiger partial charge is 0.164 e. The summed E-state index contributed by atoms with van der Waals surface area (Å²) < 4.78 is 2.13. The number of hydrogen-bond donors (Lipinski definition) is 1. The molecule has 198 valence electrons. The van der Waals surface area contributed by atoms with Gasteiger partial charge in [-0.15, -0.1) is 0 Å². The average Bonchev–Trinajstić information content (AvgIpc) is 3.49. The van der Waals surface area contributed by atoms with E-state index in [1.165, 1.54) is 0 Å². The minimum absolute atomic E-state index is 0.565. The van der Waals surface area contributed by atoms with E-state index < -0.39 is 0 Å². The highest BCUT2D eigenvalue weighted by Gasteiger charge is 2.16. The van der Waals surface area contributed by atoms with Gasteiger partial charge in [-0.3, -0.25) is 9.39 Å². The predicted molar refractivity (Wildman–Crippen MR) is 170 cm³/mol. The summed E-state index contributed by atoms with van der Waals surface area (Å²) in [5, 5.41) is 2.11. The van der Waals surface area contributed by atoms with Crippen molar-refractivity contribution in [2.75, 3.05) is 0 Å². The van der Waals surface area contributed by atoms with E-state index in [0.29, 0.717) is 17.5 Å². The van der Waals surface area contributed by atoms with Crippen molar-refractivity contribution in [3.8, 4) is 34.2 Å². The standard InChI is InChI=1S/C35H23N7/c1-36-27-17-10-16-26-25-15-8-9-18-30(25)42-21-37-28-19-24(20-29(32(28)42)38-31(26)27)35-40-33(22-11-4-2-5-12-22)39-34(41-35)23-13-6-3-7-14-23/h2-21,38H,1H2. The zero-order chi connectivity index (χ0) is 28.0. The highest BCUT2D eigenvalue weighted by molar-refractivity contribution is 6.10. The summed E-state index contributed by atoms with van der Waals surface area (Å²) in [6, 6.07) is 38.5. The van der Waals surface area contributed by atoms with E-state index in [1.54, 1.807) is 0 Å². The van der Waals surface area contributed by atoms with Crippen molar-refractivity contribution in [2.45, 2.75) is 0 Å². The molecule has 0 aliphatic rings. The van der Waals surface area contributed by atoms with Gasteiger partial charge in [0.15, 0.2) is 17.5 Å². The van der Waals surface area contributed by atoms with Crippen LogP contribution in [0.3, 0.4) is 0 Å². The molecule has 0 bridgehead atoms. The molecule has 5 aromatic carbocycles. The number of nitrogens with zero attached hydrogens (tertiary/aromatic N) is 6. The number of para-hydroxylation sites is 2. The van der Waals surface area contributed by atoms with Crippen LogP contribution in [0.1, 0.15) is 0 Å². The number of nitrogens with one attached hydrogen (secondary N) is 1. The fourth-order valence-corrected chi connectivity index (χ4v) is 5.57. The van der Waals surface area contributed by atoms with Crippen LogP contribution in [0.15, 0.2) is 127 Å². The number of aliphatic imine (C=N–C) groups is 1. The third-order valence-corrected chi connectivity index (χ3v) is 7.53. The Morgan fingerprint density at radius 2 is 1.24 bits per heavy atom. The summed E-state index contributed by atoms with van der Waals surface area (Å²) in [5.74, 6) is 1.78. The fourth-order valence-electron chi connectivity index (χ4n) is 5.57. The van der Waals surface area contributed by atoms with Crippen LogP contribution in [-0.4, -0.2) is 36.0 Å². The van der Waals surface area contributed by atoms with Gasteiger partial charge in [-0.25, -0.2) is 19.9 Å². The molecule has 8 rings (SSSR count). The zero-order valence-corrected chi connectivity index (χ0v) is 22.4. The Kier molecular flexibility index (Phi) is 5.46. The van der Waals surface area contributed by atoms with E-state index in [2.05, 4.69) is 45.4 Å². The van der Waals surface area contributed by atoms with Crippen molar-refractivity contribution in [3.05, 3.63) is 122 Å². The highest BCUT2D eigenvalue weighted by Crippen LogP contribution is 2.34. The SMILES string of the molecule is C=Nc1cccc2c1[nH]c1cc(-c3nc(-c4ccccc4)nc(-c4ccccc4)n3)cc3ncn(c4ccccc24)c31. The molecule has 0 saturated carbocycles. The van der Waals surface area contributed by atoms with Crippen molar-refractivity contribution in [2.24, 2.45) is 4.99 Å². The lowest BCUT2D eigenvalue weighted by atomic mass is 10.1. The van der Waals surface area contributed by atoms with E-state index in [4.69, 9.17) is 19.9 Å². The van der Waals surface area contributed by atoms with Crippen molar-refractivity contribution < 1.29 is 0 Å². The molecular formula is C35H23N7. The molecule has 8 aromatic rings. The second-order valence-corrected chi connectivity index (χ2v) is 10.0. The molecule has 0 radical (unpaired) electrons. The van der Waals surface area contributed by atoms with Crippen LogP contribution < -0.4 is 0 Å². The third kappa shape index (κ3) is 3.87. The molecule has 0 unspecified atom stereocenters. The molecule has 42 heavy (non-hydrogen) atoms. The number of aromatic nitrogens is 6. The van der Waals surface area contributed by atoms with Gasteiger partial charge in [-0.2, -0.15) is 0 Å². The zero-order valence-electron chi connectivity index (χ0n) is 22.4. The molecule has 0 spiro atoms. The summed E-state index contributed by atoms with van der Waals surface area (Å²) in [6.45, 7) is 3.84. The van der Waals surface area contributed by atoms with Crippen molar-refractivity contribution in [3.63, 3.8) is 0 Å². The lowest BCUT2D eigenvalue weighted by Crippen LogP contribution is -2.00. The van der Waals surface area contributed by atoms with Crippen LogP contribution in [-0.2, 0) is 0 Å². The van der Waals surface area contributed by atoms with Gasteiger partial charge in [0.05, 0.1) is 33.3 Å². The van der Waals surface area contributed by atoms with Crippen LogP contribution >= 0.6 is 0 Å². The summed E-state index contributed by atoms with van der Waals surface area (Å²) >= 11 is 0. The number of fused-ring (bicyclic) bond motifs is 4. The minimum Gasteiger partial charge on any atom is -0.351 e. The largest absolute Gasteiger partial charge is 0.351 e. The van der Waals surface area contributed by atoms with Gasteiger partial charge in [-0.1, -0.05) is 91.0 Å². The Morgan fingerprint density at radius 3 is 1.93 bits per heavy atom. The molecule has 3 heterocycles. The van der Waals surface area contributed by atoms with Gasteiger partial charge in [0.1, 0.15) is 6.33 Å². The lowest BCUT2D eigenvalue weighted by Gasteiger charge is -2.11. The number of rotatable bonds is 4. The molecule has 0 atom stereocenters. The molecule has 3 aromatic heterocycles. The fraction of sp³-hybridized carbons (Fsp3) is 0. The topological polar surface area (TPSA) is 84.1 Å². The van der Waals surface area contributed by atoms with Crippen LogP contribution in [0.25, 0.3) is 72.5 Å². The van der Waals surface area contributed by atoms with Gasteiger partial charge in [0.2, 0.25) is 0 Å². The maximum atomic E-state index is 4.95.